The van der Waals surface area contributed by atoms with Crippen molar-refractivity contribution in [3.8, 4) is 11.3 Å². The van der Waals surface area contributed by atoms with Crippen molar-refractivity contribution in [2.24, 2.45) is 0 Å². The van der Waals surface area contributed by atoms with E-state index in [-0.39, 0.29) is 4.90 Å². The summed E-state index contributed by atoms with van der Waals surface area (Å²) >= 11 is 3.43. The van der Waals surface area contributed by atoms with Crippen molar-refractivity contribution in [2.75, 3.05) is 14.1 Å². The van der Waals surface area contributed by atoms with E-state index in [4.69, 9.17) is 0 Å². The van der Waals surface area contributed by atoms with E-state index < -0.39 is 10.0 Å². The smallest absolute Gasteiger partial charge is 0.253 e. The zero-order chi connectivity index (χ0) is 20.3. The lowest BCUT2D eigenvalue weighted by atomic mass is 10.2. The lowest BCUT2D eigenvalue weighted by Gasteiger charge is -2.10. The maximum atomic E-state index is 12.5. The summed E-state index contributed by atoms with van der Waals surface area (Å²) in [6.07, 6.45) is 1.81. The zero-order valence-electron chi connectivity index (χ0n) is 15.5. The summed E-state index contributed by atoms with van der Waals surface area (Å²) in [5.41, 5.74) is 3.61. The number of nitrogens with one attached hydrogen (secondary N) is 1. The molecule has 0 fully saturated rings. The molecule has 5 aromatic rings. The Kier molecular flexibility index (Phi) is 3.99. The number of halogens is 1. The van der Waals surface area contributed by atoms with Crippen molar-refractivity contribution in [3.63, 3.8) is 0 Å². The van der Waals surface area contributed by atoms with Gasteiger partial charge in [0.2, 0.25) is 10.0 Å². The van der Waals surface area contributed by atoms with Crippen LogP contribution in [0.5, 0.6) is 0 Å². The van der Waals surface area contributed by atoms with Crippen LogP contribution in [0.15, 0.2) is 58.0 Å². The molecule has 2 aromatic carbocycles. The van der Waals surface area contributed by atoms with E-state index in [0.717, 1.165) is 21.2 Å². The molecule has 0 unspecified atom stereocenters. The van der Waals surface area contributed by atoms with Crippen LogP contribution in [0.25, 0.3) is 39.1 Å². The molecule has 10 heteroatoms. The number of fused-ring (bicyclic) bond motifs is 4. The van der Waals surface area contributed by atoms with E-state index >= 15 is 0 Å². The van der Waals surface area contributed by atoms with E-state index in [1.807, 2.05) is 30.5 Å². The number of benzene rings is 2. The molecule has 0 amide bonds. The second-order valence-electron chi connectivity index (χ2n) is 6.81. The van der Waals surface area contributed by atoms with Gasteiger partial charge in [-0.15, -0.1) is 0 Å². The zero-order valence-corrected chi connectivity index (χ0v) is 17.9. The van der Waals surface area contributed by atoms with E-state index in [1.54, 1.807) is 22.7 Å². The van der Waals surface area contributed by atoms with E-state index in [1.165, 1.54) is 18.4 Å². The third-order valence-electron chi connectivity index (χ3n) is 4.73. The molecule has 1 N–H and O–H groups in total. The summed E-state index contributed by atoms with van der Waals surface area (Å²) in [7, 11) is -0.530. The van der Waals surface area contributed by atoms with Gasteiger partial charge in [-0.05, 0) is 30.3 Å². The number of aromatic amines is 1. The predicted octanol–water partition coefficient (Wildman–Crippen LogP) is 3.44. The largest absolute Gasteiger partial charge is 0.338 e. The predicted molar refractivity (Wildman–Crippen MR) is 114 cm³/mol. The monoisotopic (exact) mass is 470 g/mol. The van der Waals surface area contributed by atoms with Gasteiger partial charge < -0.3 is 4.98 Å². The molecule has 0 saturated heterocycles. The number of nitrogens with zero attached hydrogens (tertiary/aromatic N) is 5. The minimum Gasteiger partial charge on any atom is -0.338 e. The lowest BCUT2D eigenvalue weighted by Crippen LogP contribution is -2.22. The Morgan fingerprint density at radius 2 is 1.83 bits per heavy atom. The van der Waals surface area contributed by atoms with Gasteiger partial charge in [0.25, 0.3) is 5.78 Å². The molecule has 0 radical (unpaired) electrons. The molecule has 3 heterocycles. The van der Waals surface area contributed by atoms with Gasteiger partial charge in [-0.25, -0.2) is 22.2 Å². The average Bonchev–Trinajstić information content (AvgIpc) is 3.26. The molecular formula is C19H15BrN6O2S. The summed E-state index contributed by atoms with van der Waals surface area (Å²) in [6.45, 7) is 0. The number of sulfonamides is 1. The topological polar surface area (TPSA) is 96.2 Å². The first-order chi connectivity index (χ1) is 13.8. The van der Waals surface area contributed by atoms with E-state index in [0.29, 0.717) is 22.3 Å². The molecule has 0 spiro atoms. The first kappa shape index (κ1) is 18.2. The molecule has 0 atom stereocenters. The fraction of sp³-hybridized carbons (Fsp3) is 0.105. The number of hydrogen-bond donors (Lipinski definition) is 1. The van der Waals surface area contributed by atoms with Crippen molar-refractivity contribution in [1.29, 1.82) is 0 Å². The molecule has 0 bridgehead atoms. The van der Waals surface area contributed by atoms with Gasteiger partial charge in [0, 0.05) is 35.0 Å². The summed E-state index contributed by atoms with van der Waals surface area (Å²) in [5, 5.41) is 5.33. The quantitative estimate of drug-likeness (QED) is 0.435. The molecule has 5 rings (SSSR count). The molecule has 29 heavy (non-hydrogen) atoms. The Morgan fingerprint density at radius 3 is 2.55 bits per heavy atom. The van der Waals surface area contributed by atoms with Crippen LogP contribution in [-0.2, 0) is 10.0 Å². The minimum atomic E-state index is -3.54. The Bertz CT molecular complexity index is 1500. The molecular weight excluding hydrogens is 456 g/mol. The van der Waals surface area contributed by atoms with Gasteiger partial charge in [-0.1, -0.05) is 28.1 Å². The lowest BCUT2D eigenvalue weighted by molar-refractivity contribution is 0.521. The normalized spacial score (nSPS) is 12.6. The van der Waals surface area contributed by atoms with Gasteiger partial charge in [0.15, 0.2) is 5.65 Å². The molecule has 3 aromatic heterocycles. The van der Waals surface area contributed by atoms with Crippen molar-refractivity contribution in [2.45, 2.75) is 4.90 Å². The molecule has 8 nitrogen and oxygen atoms in total. The standard InChI is InChI=1S/C19H15BrN6O2S/c1-25(2)29(27,28)13-7-8-15-14(9-13)17-18(21-15)23-19-22-16(10-26(19)24-17)11-3-5-12(20)6-4-11/h3-10H,1-2H3,(H,21,22,23). The summed E-state index contributed by atoms with van der Waals surface area (Å²) in [6, 6.07) is 12.7. The van der Waals surface area contributed by atoms with Gasteiger partial charge in [0.1, 0.15) is 5.52 Å². The number of hydrogen-bond acceptors (Lipinski definition) is 5. The number of imidazole rings is 1. The highest BCUT2D eigenvalue weighted by molar-refractivity contribution is 9.10. The van der Waals surface area contributed by atoms with Crippen molar-refractivity contribution < 1.29 is 8.42 Å². The van der Waals surface area contributed by atoms with Gasteiger partial charge in [-0.2, -0.15) is 10.1 Å². The average molecular weight is 471 g/mol. The van der Waals surface area contributed by atoms with Crippen LogP contribution in [0.4, 0.5) is 0 Å². The minimum absolute atomic E-state index is 0.207. The van der Waals surface area contributed by atoms with Gasteiger partial charge in [-0.3, -0.25) is 0 Å². The van der Waals surface area contributed by atoms with Crippen molar-refractivity contribution in [3.05, 3.63) is 53.1 Å². The first-order valence-electron chi connectivity index (χ1n) is 8.70. The van der Waals surface area contributed by atoms with Crippen LogP contribution in [-0.4, -0.2) is 51.4 Å². The van der Waals surface area contributed by atoms with Crippen molar-refractivity contribution >= 4 is 53.8 Å². The summed E-state index contributed by atoms with van der Waals surface area (Å²) in [5.74, 6) is 0.461. The van der Waals surface area contributed by atoms with Gasteiger partial charge in [0.05, 0.1) is 16.8 Å². The Labute approximate surface area is 174 Å². The van der Waals surface area contributed by atoms with Crippen LogP contribution in [0.2, 0.25) is 0 Å². The third-order valence-corrected chi connectivity index (χ3v) is 7.07. The SMILES string of the molecule is CN(C)S(=O)(=O)c1ccc2[nH]c3nc4nc(-c5ccc(Br)cc5)cn4nc3c2c1. The Morgan fingerprint density at radius 1 is 1.07 bits per heavy atom. The molecule has 0 aliphatic rings. The number of rotatable bonds is 3. The maximum Gasteiger partial charge on any atom is 0.253 e. The summed E-state index contributed by atoms with van der Waals surface area (Å²) < 4.78 is 28.8. The fourth-order valence-corrected chi connectivity index (χ4v) is 4.37. The molecule has 0 aliphatic carbocycles. The molecule has 146 valence electrons. The Balaban J connectivity index is 1.71. The van der Waals surface area contributed by atoms with Crippen LogP contribution >= 0.6 is 15.9 Å². The molecule has 0 saturated carbocycles. The highest BCUT2D eigenvalue weighted by Crippen LogP contribution is 2.27. The summed E-state index contributed by atoms with van der Waals surface area (Å²) in [4.78, 5) is 12.5. The first-order valence-corrected chi connectivity index (χ1v) is 10.9. The highest BCUT2D eigenvalue weighted by Gasteiger charge is 2.19. The number of H-pyrrole nitrogens is 1. The second-order valence-corrected chi connectivity index (χ2v) is 9.87. The van der Waals surface area contributed by atoms with Gasteiger partial charge >= 0.3 is 0 Å². The third kappa shape index (κ3) is 2.91. The Hall–Kier alpha value is -2.82. The number of aromatic nitrogens is 5. The van der Waals surface area contributed by atoms with Crippen LogP contribution < -0.4 is 0 Å². The van der Waals surface area contributed by atoms with Crippen LogP contribution in [0, 0.1) is 0 Å². The second kappa shape index (κ2) is 6.34. The fourth-order valence-electron chi connectivity index (χ4n) is 3.17. The maximum absolute atomic E-state index is 12.5. The van der Waals surface area contributed by atoms with Crippen LogP contribution in [0.3, 0.4) is 0 Å². The van der Waals surface area contributed by atoms with E-state index in [9.17, 15) is 8.42 Å². The van der Waals surface area contributed by atoms with Crippen LogP contribution in [0.1, 0.15) is 0 Å². The van der Waals surface area contributed by atoms with E-state index in [2.05, 4.69) is 36.0 Å². The van der Waals surface area contributed by atoms with Crippen molar-refractivity contribution in [1.82, 2.24) is 28.9 Å². The molecule has 0 aliphatic heterocycles. The highest BCUT2D eigenvalue weighted by atomic mass is 79.9.